The minimum absolute atomic E-state index is 0.121. The number of fused-ring (bicyclic) bond motifs is 1. The quantitative estimate of drug-likeness (QED) is 0.739. The van der Waals surface area contributed by atoms with Crippen LogP contribution < -0.4 is 9.64 Å². The van der Waals surface area contributed by atoms with Crippen LogP contribution in [0.15, 0.2) is 0 Å². The molecule has 0 saturated heterocycles. The van der Waals surface area contributed by atoms with Crippen molar-refractivity contribution in [2.75, 3.05) is 12.0 Å². The molecule has 2 heterocycles. The first-order valence-electron chi connectivity index (χ1n) is 5.44. The Bertz CT molecular complexity index is 469. The Balaban J connectivity index is 2.13. The number of rotatable bonds is 2. The minimum atomic E-state index is 0.121. The van der Waals surface area contributed by atoms with Crippen LogP contribution >= 0.6 is 0 Å². The molecule has 3 rings (SSSR count). The van der Waals surface area contributed by atoms with E-state index in [1.807, 2.05) is 11.8 Å². The molecule has 1 saturated carbocycles. The van der Waals surface area contributed by atoms with Crippen molar-refractivity contribution in [1.82, 2.24) is 9.97 Å². The first kappa shape index (κ1) is 9.57. The maximum absolute atomic E-state index is 11.9. The smallest absolute Gasteiger partial charge is 0.233 e. The number of amides is 1. The molecular weight excluding hydrogens is 206 g/mol. The zero-order valence-electron chi connectivity index (χ0n) is 9.36. The highest BCUT2D eigenvalue weighted by atomic mass is 16.5. The molecule has 0 bridgehead atoms. The Labute approximate surface area is 93.4 Å². The monoisotopic (exact) mass is 219 g/mol. The summed E-state index contributed by atoms with van der Waals surface area (Å²) in [6, 6.07) is 0.354. The number of ether oxygens (including phenoxy) is 1. The Hall–Kier alpha value is -1.65. The van der Waals surface area contributed by atoms with E-state index < -0.39 is 0 Å². The average Bonchev–Trinajstić information content (AvgIpc) is 3.01. The number of anilines is 1. The van der Waals surface area contributed by atoms with Crippen molar-refractivity contribution < 1.29 is 9.53 Å². The van der Waals surface area contributed by atoms with Crippen molar-refractivity contribution in [3.05, 3.63) is 11.4 Å². The lowest BCUT2D eigenvalue weighted by Crippen LogP contribution is -2.29. The standard InChI is InChI=1S/C11H13N3O2/c1-6-12-10-8(11(13-6)16-2)5-9(15)14(10)7-3-4-7/h7H,3-5H2,1-2H3. The van der Waals surface area contributed by atoms with Gasteiger partial charge < -0.3 is 4.74 Å². The summed E-state index contributed by atoms with van der Waals surface area (Å²) in [6.45, 7) is 1.82. The lowest BCUT2D eigenvalue weighted by atomic mass is 10.2. The molecular formula is C11H13N3O2. The summed E-state index contributed by atoms with van der Waals surface area (Å²) in [7, 11) is 1.58. The molecule has 5 nitrogen and oxygen atoms in total. The zero-order valence-corrected chi connectivity index (χ0v) is 9.36. The highest BCUT2D eigenvalue weighted by Crippen LogP contribution is 2.39. The molecule has 0 unspecified atom stereocenters. The first-order valence-corrected chi connectivity index (χ1v) is 5.44. The van der Waals surface area contributed by atoms with Crippen molar-refractivity contribution in [3.63, 3.8) is 0 Å². The number of methoxy groups -OCH3 is 1. The summed E-state index contributed by atoms with van der Waals surface area (Å²) in [5.74, 6) is 2.07. The van der Waals surface area contributed by atoms with Crippen LogP contribution in [0.3, 0.4) is 0 Å². The summed E-state index contributed by atoms with van der Waals surface area (Å²) in [5, 5.41) is 0. The van der Waals surface area contributed by atoms with Crippen molar-refractivity contribution in [3.8, 4) is 5.88 Å². The number of carbonyl (C=O) groups excluding carboxylic acids is 1. The van der Waals surface area contributed by atoms with Gasteiger partial charge in [0.1, 0.15) is 11.6 Å². The number of nitrogens with zero attached hydrogens (tertiary/aromatic N) is 3. The van der Waals surface area contributed by atoms with Crippen LogP contribution in [-0.2, 0) is 11.2 Å². The zero-order chi connectivity index (χ0) is 11.3. The van der Waals surface area contributed by atoms with Gasteiger partial charge in [-0.2, -0.15) is 4.98 Å². The largest absolute Gasteiger partial charge is 0.481 e. The maximum atomic E-state index is 11.9. The van der Waals surface area contributed by atoms with E-state index in [0.717, 1.165) is 24.2 Å². The van der Waals surface area contributed by atoms with E-state index in [1.165, 1.54) is 0 Å². The van der Waals surface area contributed by atoms with Crippen LogP contribution in [0.25, 0.3) is 0 Å². The second kappa shape index (κ2) is 3.17. The van der Waals surface area contributed by atoms with E-state index >= 15 is 0 Å². The SMILES string of the molecule is COc1nc(C)nc2c1CC(=O)N2C1CC1. The molecule has 0 N–H and O–H groups in total. The molecule has 1 aliphatic carbocycles. The third-order valence-corrected chi connectivity index (χ3v) is 2.99. The lowest BCUT2D eigenvalue weighted by Gasteiger charge is -2.15. The van der Waals surface area contributed by atoms with Gasteiger partial charge in [0, 0.05) is 6.04 Å². The fourth-order valence-corrected chi connectivity index (χ4v) is 2.14. The van der Waals surface area contributed by atoms with E-state index in [1.54, 1.807) is 7.11 Å². The molecule has 84 valence electrons. The number of carbonyl (C=O) groups is 1. The molecule has 2 aliphatic rings. The summed E-state index contributed by atoms with van der Waals surface area (Å²) in [4.78, 5) is 22.3. The van der Waals surface area contributed by atoms with E-state index in [0.29, 0.717) is 24.2 Å². The van der Waals surface area contributed by atoms with Gasteiger partial charge in [0.15, 0.2) is 0 Å². The van der Waals surface area contributed by atoms with Crippen molar-refractivity contribution in [2.24, 2.45) is 0 Å². The van der Waals surface area contributed by atoms with Gasteiger partial charge in [-0.05, 0) is 19.8 Å². The van der Waals surface area contributed by atoms with Crippen molar-refractivity contribution in [1.29, 1.82) is 0 Å². The van der Waals surface area contributed by atoms with Crippen molar-refractivity contribution >= 4 is 11.7 Å². The Morgan fingerprint density at radius 2 is 2.12 bits per heavy atom. The third kappa shape index (κ3) is 1.27. The van der Waals surface area contributed by atoms with Crippen LogP contribution in [0.5, 0.6) is 5.88 Å². The van der Waals surface area contributed by atoms with Gasteiger partial charge in [0.25, 0.3) is 0 Å². The fraction of sp³-hybridized carbons (Fsp3) is 0.545. The summed E-state index contributed by atoms with van der Waals surface area (Å²) >= 11 is 0. The average molecular weight is 219 g/mol. The molecule has 0 radical (unpaired) electrons. The van der Waals surface area contributed by atoms with E-state index in [-0.39, 0.29) is 5.91 Å². The van der Waals surface area contributed by atoms with Crippen molar-refractivity contribution in [2.45, 2.75) is 32.2 Å². The highest BCUT2D eigenvalue weighted by molar-refractivity contribution is 6.01. The van der Waals surface area contributed by atoms with Crippen LogP contribution in [-0.4, -0.2) is 29.0 Å². The molecule has 16 heavy (non-hydrogen) atoms. The molecule has 1 amide bonds. The highest BCUT2D eigenvalue weighted by Gasteiger charge is 2.41. The molecule has 1 aromatic heterocycles. The Morgan fingerprint density at radius 3 is 2.75 bits per heavy atom. The third-order valence-electron chi connectivity index (χ3n) is 2.99. The van der Waals surface area contributed by atoms with Gasteiger partial charge in [-0.1, -0.05) is 0 Å². The maximum Gasteiger partial charge on any atom is 0.233 e. The van der Waals surface area contributed by atoms with Gasteiger partial charge in [-0.25, -0.2) is 4.98 Å². The molecule has 0 spiro atoms. The number of aryl methyl sites for hydroxylation is 1. The normalized spacial score (nSPS) is 18.9. The second-order valence-electron chi connectivity index (χ2n) is 4.25. The van der Waals surface area contributed by atoms with Gasteiger partial charge >= 0.3 is 0 Å². The van der Waals surface area contributed by atoms with E-state index in [9.17, 15) is 4.79 Å². The van der Waals surface area contributed by atoms with Gasteiger partial charge in [0.05, 0.1) is 19.1 Å². The number of aromatic nitrogens is 2. The van der Waals surface area contributed by atoms with Crippen LogP contribution in [0, 0.1) is 6.92 Å². The van der Waals surface area contributed by atoms with Gasteiger partial charge in [-0.3, -0.25) is 9.69 Å². The minimum Gasteiger partial charge on any atom is -0.481 e. The lowest BCUT2D eigenvalue weighted by molar-refractivity contribution is -0.117. The second-order valence-corrected chi connectivity index (χ2v) is 4.25. The summed E-state index contributed by atoms with van der Waals surface area (Å²) < 4.78 is 5.20. The summed E-state index contributed by atoms with van der Waals surface area (Å²) in [6.07, 6.45) is 2.53. The molecule has 0 atom stereocenters. The van der Waals surface area contributed by atoms with E-state index in [4.69, 9.17) is 4.74 Å². The fourth-order valence-electron chi connectivity index (χ4n) is 2.14. The molecule has 1 aromatic rings. The number of hydrogen-bond donors (Lipinski definition) is 0. The number of hydrogen-bond acceptors (Lipinski definition) is 4. The van der Waals surface area contributed by atoms with Gasteiger partial charge in [0.2, 0.25) is 11.8 Å². The predicted octanol–water partition coefficient (Wildman–Crippen LogP) is 0.845. The molecule has 1 fully saturated rings. The predicted molar refractivity (Wildman–Crippen MR) is 57.5 cm³/mol. The summed E-state index contributed by atoms with van der Waals surface area (Å²) in [5.41, 5.74) is 0.838. The molecule has 5 heteroatoms. The van der Waals surface area contributed by atoms with Crippen LogP contribution in [0.2, 0.25) is 0 Å². The Kier molecular flexibility index (Phi) is 1.89. The molecule has 0 aromatic carbocycles. The van der Waals surface area contributed by atoms with E-state index in [2.05, 4.69) is 9.97 Å². The topological polar surface area (TPSA) is 55.3 Å². The van der Waals surface area contributed by atoms with Crippen LogP contribution in [0.4, 0.5) is 5.82 Å². The van der Waals surface area contributed by atoms with Gasteiger partial charge in [-0.15, -0.1) is 0 Å². The Morgan fingerprint density at radius 1 is 1.38 bits per heavy atom. The van der Waals surface area contributed by atoms with Crippen LogP contribution in [0.1, 0.15) is 24.2 Å². The molecule has 1 aliphatic heterocycles. The first-order chi connectivity index (χ1) is 7.70.